The molecule has 1 aromatic heterocycles. The van der Waals surface area contributed by atoms with Crippen molar-refractivity contribution < 1.29 is 22.7 Å². The van der Waals surface area contributed by atoms with Crippen molar-refractivity contribution in [1.29, 1.82) is 0 Å². The van der Waals surface area contributed by atoms with E-state index in [0.717, 1.165) is 70.8 Å². The number of pyridine rings is 1. The van der Waals surface area contributed by atoms with Gasteiger partial charge in [-0.05, 0) is 79.0 Å². The third-order valence-electron chi connectivity index (χ3n) is 8.43. The fraction of sp³-hybridized carbons (Fsp3) is 0.533. The zero-order valence-electron chi connectivity index (χ0n) is 22.2. The highest BCUT2D eigenvalue weighted by atomic mass is 19.4. The Morgan fingerprint density at radius 1 is 1.13 bits per heavy atom. The number of amides is 1. The summed E-state index contributed by atoms with van der Waals surface area (Å²) in [5, 5.41) is 2.73. The highest BCUT2D eigenvalue weighted by Gasteiger charge is 2.36. The van der Waals surface area contributed by atoms with Gasteiger partial charge in [-0.15, -0.1) is 0 Å². The molecule has 2 heterocycles. The van der Waals surface area contributed by atoms with Crippen LogP contribution in [-0.2, 0) is 24.0 Å². The molecule has 2 aliphatic carbocycles. The van der Waals surface area contributed by atoms with Crippen molar-refractivity contribution in [3.05, 3.63) is 64.0 Å². The number of fused-ring (bicyclic) bond motifs is 1. The topological polar surface area (TPSA) is 54.5 Å². The minimum atomic E-state index is -4.40. The van der Waals surface area contributed by atoms with Gasteiger partial charge in [-0.3, -0.25) is 14.7 Å². The van der Waals surface area contributed by atoms with Crippen LogP contribution in [-0.4, -0.2) is 42.5 Å². The zero-order chi connectivity index (χ0) is 26.9. The molecule has 1 saturated heterocycles. The van der Waals surface area contributed by atoms with Crippen LogP contribution < -0.4 is 10.1 Å². The van der Waals surface area contributed by atoms with Crippen LogP contribution in [0.1, 0.15) is 79.3 Å². The van der Waals surface area contributed by atoms with E-state index >= 15 is 0 Å². The number of carbonyl (C=O) groups excluding carboxylic acids is 1. The molecule has 1 aromatic carbocycles. The van der Waals surface area contributed by atoms with Crippen LogP contribution in [0.5, 0.6) is 5.75 Å². The lowest BCUT2D eigenvalue weighted by molar-refractivity contribution is -0.138. The maximum atomic E-state index is 13.7. The van der Waals surface area contributed by atoms with Crippen molar-refractivity contribution in [3.63, 3.8) is 0 Å². The third kappa shape index (κ3) is 5.75. The molecular weight excluding hydrogens is 491 g/mol. The normalized spacial score (nSPS) is 19.2. The molecule has 2 aromatic rings. The first kappa shape index (κ1) is 26.7. The Bertz CT molecular complexity index is 1210. The lowest BCUT2D eigenvalue weighted by atomic mass is 9.82. The zero-order valence-corrected chi connectivity index (χ0v) is 22.2. The Hall–Kier alpha value is -2.87. The third-order valence-corrected chi connectivity index (χ3v) is 8.43. The second kappa shape index (κ2) is 11.1. The maximum absolute atomic E-state index is 13.7. The van der Waals surface area contributed by atoms with Crippen molar-refractivity contribution in [1.82, 2.24) is 15.2 Å². The molecule has 1 N–H and O–H groups in total. The number of nitrogens with zero attached hydrogens (tertiary/aromatic N) is 2. The Kier molecular flexibility index (Phi) is 7.80. The number of benzene rings is 1. The van der Waals surface area contributed by atoms with Crippen molar-refractivity contribution in [2.24, 2.45) is 5.92 Å². The summed E-state index contributed by atoms with van der Waals surface area (Å²) in [6.07, 6.45) is 3.07. The number of alkyl halides is 3. The second-order valence-electron chi connectivity index (χ2n) is 10.9. The van der Waals surface area contributed by atoms with E-state index < -0.39 is 11.7 Å². The van der Waals surface area contributed by atoms with Gasteiger partial charge >= 0.3 is 6.18 Å². The number of aryl methyl sites for hydroxylation is 1. The van der Waals surface area contributed by atoms with E-state index in [1.54, 1.807) is 13.1 Å². The quantitative estimate of drug-likeness (QED) is 0.471. The van der Waals surface area contributed by atoms with Crippen LogP contribution in [0.4, 0.5) is 13.2 Å². The minimum Gasteiger partial charge on any atom is -0.487 e. The van der Waals surface area contributed by atoms with Crippen LogP contribution in [0.15, 0.2) is 36.0 Å². The molecular formula is C30H36F3N3O2. The first-order valence-electron chi connectivity index (χ1n) is 13.7. The van der Waals surface area contributed by atoms with Crippen molar-refractivity contribution in [3.8, 4) is 5.75 Å². The molecule has 0 radical (unpaired) electrons. The molecule has 1 amide bonds. The van der Waals surface area contributed by atoms with Gasteiger partial charge in [-0.1, -0.05) is 30.9 Å². The van der Waals surface area contributed by atoms with E-state index in [4.69, 9.17) is 4.74 Å². The summed E-state index contributed by atoms with van der Waals surface area (Å²) in [6.45, 7) is 4.79. The average molecular weight is 528 g/mol. The smallest absolute Gasteiger partial charge is 0.418 e. The number of likely N-dealkylation sites (tertiary alicyclic amines) is 1. The fourth-order valence-corrected chi connectivity index (χ4v) is 6.17. The molecule has 0 unspecified atom stereocenters. The van der Waals surface area contributed by atoms with Crippen LogP contribution in [0, 0.1) is 5.92 Å². The van der Waals surface area contributed by atoms with E-state index in [1.807, 2.05) is 12.1 Å². The fourth-order valence-electron chi connectivity index (χ4n) is 6.17. The monoisotopic (exact) mass is 527 g/mol. The predicted molar refractivity (Wildman–Crippen MR) is 141 cm³/mol. The summed E-state index contributed by atoms with van der Waals surface area (Å²) in [5.74, 6) is 0.845. The summed E-state index contributed by atoms with van der Waals surface area (Å²) in [6, 6.07) is 7.67. The Balaban J connectivity index is 1.25. The molecule has 1 saturated carbocycles. The molecule has 0 spiro atoms. The van der Waals surface area contributed by atoms with Gasteiger partial charge in [0.2, 0.25) is 5.91 Å². The van der Waals surface area contributed by atoms with E-state index in [1.165, 1.54) is 22.3 Å². The first-order chi connectivity index (χ1) is 18.2. The van der Waals surface area contributed by atoms with Crippen LogP contribution in [0.2, 0.25) is 0 Å². The molecule has 5 nitrogen and oxygen atoms in total. The Morgan fingerprint density at radius 3 is 2.61 bits per heavy atom. The minimum absolute atomic E-state index is 0.0687. The lowest BCUT2D eigenvalue weighted by Gasteiger charge is -2.39. The van der Waals surface area contributed by atoms with Crippen LogP contribution in [0.25, 0.3) is 5.57 Å². The van der Waals surface area contributed by atoms with Gasteiger partial charge in [-0.25, -0.2) is 0 Å². The SMILES string of the molecule is CNC(=O)C1CN(CC2=C(C)c3ccc(OCc4cc(C5CCCCC5)c(C(F)(F)F)cn4)cc3CC2)C1. The summed E-state index contributed by atoms with van der Waals surface area (Å²) in [4.78, 5) is 18.2. The second-order valence-corrected chi connectivity index (χ2v) is 10.9. The molecule has 1 aliphatic heterocycles. The molecule has 204 valence electrons. The number of nitrogens with one attached hydrogen (secondary N) is 1. The van der Waals surface area contributed by atoms with Gasteiger partial charge in [0.05, 0.1) is 17.2 Å². The van der Waals surface area contributed by atoms with Crippen LogP contribution in [0.3, 0.4) is 0 Å². The van der Waals surface area contributed by atoms with Crippen molar-refractivity contribution in [2.45, 2.75) is 70.6 Å². The largest absolute Gasteiger partial charge is 0.487 e. The van der Waals surface area contributed by atoms with E-state index in [2.05, 4.69) is 28.2 Å². The van der Waals surface area contributed by atoms with E-state index in [9.17, 15) is 18.0 Å². The molecule has 5 rings (SSSR count). The standard InChI is InChI=1S/C30H36F3N3O2/c1-19-22(15-36-16-23(17-36)29(37)34-2)9-8-21-12-25(10-11-26(19)21)38-18-24-13-27(20-6-4-3-5-7-20)28(14-35-24)30(31,32)33/h10-14,20,23H,3-9,15-18H2,1-2H3,(H,34,37). The highest BCUT2D eigenvalue weighted by molar-refractivity contribution is 5.79. The molecule has 8 heteroatoms. The number of allylic oxidation sites excluding steroid dienone is 1. The maximum Gasteiger partial charge on any atom is 0.418 e. The van der Waals surface area contributed by atoms with E-state index in [0.29, 0.717) is 17.0 Å². The first-order valence-corrected chi connectivity index (χ1v) is 13.7. The van der Waals surface area contributed by atoms with Gasteiger partial charge in [0, 0.05) is 32.9 Å². The number of rotatable bonds is 7. The number of carbonyl (C=O) groups is 1. The number of halogens is 3. The predicted octanol–water partition coefficient (Wildman–Crippen LogP) is 6.12. The summed E-state index contributed by atoms with van der Waals surface area (Å²) >= 11 is 0. The lowest BCUT2D eigenvalue weighted by Crippen LogP contribution is -2.53. The van der Waals surface area contributed by atoms with E-state index in [-0.39, 0.29) is 24.3 Å². The Labute approximate surface area is 222 Å². The average Bonchev–Trinajstić information content (AvgIpc) is 2.89. The number of hydrogen-bond acceptors (Lipinski definition) is 4. The number of hydrogen-bond donors (Lipinski definition) is 1. The van der Waals surface area contributed by atoms with Gasteiger partial charge in [-0.2, -0.15) is 13.2 Å². The van der Waals surface area contributed by atoms with Crippen molar-refractivity contribution >= 4 is 11.5 Å². The summed E-state index contributed by atoms with van der Waals surface area (Å²) in [5.41, 5.74) is 5.41. The molecule has 0 bridgehead atoms. The number of ether oxygens (including phenoxy) is 1. The summed E-state index contributed by atoms with van der Waals surface area (Å²) in [7, 11) is 1.68. The van der Waals surface area contributed by atoms with Gasteiger partial charge in [0.1, 0.15) is 12.4 Å². The van der Waals surface area contributed by atoms with Gasteiger partial charge in [0.15, 0.2) is 0 Å². The molecule has 38 heavy (non-hydrogen) atoms. The van der Waals surface area contributed by atoms with Gasteiger partial charge < -0.3 is 10.1 Å². The molecule has 3 aliphatic rings. The van der Waals surface area contributed by atoms with Gasteiger partial charge in [0.25, 0.3) is 0 Å². The van der Waals surface area contributed by atoms with Crippen molar-refractivity contribution in [2.75, 3.05) is 26.7 Å². The highest BCUT2D eigenvalue weighted by Crippen LogP contribution is 2.41. The van der Waals surface area contributed by atoms with Crippen LogP contribution >= 0.6 is 0 Å². The number of aromatic nitrogens is 1. The Morgan fingerprint density at radius 2 is 1.89 bits per heavy atom. The summed E-state index contributed by atoms with van der Waals surface area (Å²) < 4.78 is 47.0. The molecule has 2 fully saturated rings. The molecule has 0 atom stereocenters.